The average Bonchev–Trinajstić information content (AvgIpc) is 2.79. The summed E-state index contributed by atoms with van der Waals surface area (Å²) in [5, 5.41) is 2.18. The molecule has 3 aromatic carbocycles. The van der Waals surface area contributed by atoms with E-state index in [0.29, 0.717) is 16.8 Å². The van der Waals surface area contributed by atoms with Crippen molar-refractivity contribution in [3.05, 3.63) is 98.6 Å². The number of esters is 1. The zero-order valence-corrected chi connectivity index (χ0v) is 19.5. The first kappa shape index (κ1) is 22.4. The van der Waals surface area contributed by atoms with E-state index in [4.69, 9.17) is 4.74 Å². The normalized spacial score (nSPS) is 14.9. The van der Waals surface area contributed by atoms with Gasteiger partial charge in [0.2, 0.25) is 0 Å². The zero-order chi connectivity index (χ0) is 23.5. The lowest BCUT2D eigenvalue weighted by Gasteiger charge is -2.26. The van der Waals surface area contributed by atoms with Gasteiger partial charge in [0, 0.05) is 9.13 Å². The number of amides is 4. The summed E-state index contributed by atoms with van der Waals surface area (Å²) in [6.45, 7) is 1.86. The fraction of sp³-hybridized carbons (Fsp3) is 0.0400. The molecule has 0 aliphatic carbocycles. The number of ether oxygens (including phenoxy) is 1. The molecule has 0 atom stereocenters. The number of anilines is 1. The summed E-state index contributed by atoms with van der Waals surface area (Å²) in [6.07, 6.45) is 1.31. The predicted octanol–water partition coefficient (Wildman–Crippen LogP) is 4.49. The van der Waals surface area contributed by atoms with Crippen molar-refractivity contribution in [3.63, 3.8) is 0 Å². The molecule has 0 saturated carbocycles. The number of hydrogen-bond donors (Lipinski definition) is 1. The third kappa shape index (κ3) is 4.85. The molecular formula is C25H17IN2O5. The number of aryl methyl sites for hydroxylation is 1. The summed E-state index contributed by atoms with van der Waals surface area (Å²) in [7, 11) is 0. The maximum absolute atomic E-state index is 13.1. The van der Waals surface area contributed by atoms with Crippen molar-refractivity contribution in [1.29, 1.82) is 0 Å². The minimum atomic E-state index is -0.831. The van der Waals surface area contributed by atoms with E-state index in [0.717, 1.165) is 14.0 Å². The molecule has 1 aliphatic heterocycles. The largest absolute Gasteiger partial charge is 0.422 e. The summed E-state index contributed by atoms with van der Waals surface area (Å²) in [4.78, 5) is 51.4. The molecule has 0 radical (unpaired) electrons. The van der Waals surface area contributed by atoms with Gasteiger partial charge in [-0.05, 0) is 78.1 Å². The van der Waals surface area contributed by atoms with Crippen LogP contribution < -0.4 is 15.0 Å². The number of para-hydroxylation sites is 1. The van der Waals surface area contributed by atoms with Crippen molar-refractivity contribution >= 4 is 58.2 Å². The van der Waals surface area contributed by atoms with Crippen LogP contribution in [0.3, 0.4) is 0 Å². The van der Waals surface area contributed by atoms with E-state index >= 15 is 0 Å². The number of halogens is 1. The van der Waals surface area contributed by atoms with Crippen LogP contribution in [-0.2, 0) is 9.59 Å². The molecule has 8 heteroatoms. The molecule has 33 heavy (non-hydrogen) atoms. The Balaban J connectivity index is 1.67. The van der Waals surface area contributed by atoms with Crippen molar-refractivity contribution in [2.24, 2.45) is 0 Å². The van der Waals surface area contributed by atoms with Crippen LogP contribution in [0.15, 0.2) is 78.4 Å². The second-order valence-corrected chi connectivity index (χ2v) is 8.48. The fourth-order valence-electron chi connectivity index (χ4n) is 3.26. The third-order valence-electron chi connectivity index (χ3n) is 4.86. The SMILES string of the molecule is Cc1cccc(C(=O)Oc2ccccc2/C=C2/C(=O)NC(=O)N(c3ccc(I)cc3)C2=O)c1. The number of barbiturate groups is 1. The highest BCUT2D eigenvalue weighted by Gasteiger charge is 2.37. The van der Waals surface area contributed by atoms with E-state index in [9.17, 15) is 19.2 Å². The number of hydrogen-bond acceptors (Lipinski definition) is 5. The van der Waals surface area contributed by atoms with Crippen molar-refractivity contribution < 1.29 is 23.9 Å². The number of rotatable bonds is 4. The summed E-state index contributed by atoms with van der Waals surface area (Å²) in [5.74, 6) is -1.99. The first-order valence-electron chi connectivity index (χ1n) is 9.88. The number of carbonyl (C=O) groups is 4. The van der Waals surface area contributed by atoms with Gasteiger partial charge in [-0.25, -0.2) is 14.5 Å². The molecule has 0 unspecified atom stereocenters. The van der Waals surface area contributed by atoms with E-state index in [2.05, 4.69) is 27.9 Å². The van der Waals surface area contributed by atoms with Crippen LogP contribution in [0.25, 0.3) is 6.08 Å². The standard InChI is InChI=1S/C25H17IN2O5/c1-15-5-4-7-17(13-15)24(31)33-21-8-3-2-6-16(21)14-20-22(29)27-25(32)28(23(20)30)19-11-9-18(26)10-12-19/h2-14H,1H3,(H,27,29,32)/b20-14-. The summed E-state index contributed by atoms with van der Waals surface area (Å²) in [5.41, 5.74) is 1.70. The molecule has 1 fully saturated rings. The number of imide groups is 2. The van der Waals surface area contributed by atoms with Crippen LogP contribution in [0.2, 0.25) is 0 Å². The number of nitrogens with zero attached hydrogens (tertiary/aromatic N) is 1. The van der Waals surface area contributed by atoms with E-state index < -0.39 is 23.8 Å². The lowest BCUT2D eigenvalue weighted by atomic mass is 10.1. The van der Waals surface area contributed by atoms with E-state index in [1.54, 1.807) is 66.7 Å². The van der Waals surface area contributed by atoms with E-state index in [-0.39, 0.29) is 11.3 Å². The Morgan fingerprint density at radius 2 is 1.70 bits per heavy atom. The maximum Gasteiger partial charge on any atom is 0.343 e. The summed E-state index contributed by atoms with van der Waals surface area (Å²) < 4.78 is 6.46. The highest BCUT2D eigenvalue weighted by molar-refractivity contribution is 14.1. The van der Waals surface area contributed by atoms with E-state index in [1.165, 1.54) is 6.08 Å². The quantitative estimate of drug-likeness (QED) is 0.169. The molecular weight excluding hydrogens is 535 g/mol. The monoisotopic (exact) mass is 552 g/mol. The van der Waals surface area contributed by atoms with Gasteiger partial charge in [0.1, 0.15) is 11.3 Å². The van der Waals surface area contributed by atoms with Crippen LogP contribution in [0.1, 0.15) is 21.5 Å². The molecule has 0 bridgehead atoms. The maximum atomic E-state index is 13.1. The van der Waals surface area contributed by atoms with Gasteiger partial charge in [0.05, 0.1) is 11.3 Å². The Hall–Kier alpha value is -3.79. The molecule has 4 rings (SSSR count). The second kappa shape index (κ2) is 9.37. The number of nitrogens with one attached hydrogen (secondary N) is 1. The third-order valence-corrected chi connectivity index (χ3v) is 5.58. The molecule has 7 nitrogen and oxygen atoms in total. The number of benzene rings is 3. The van der Waals surface area contributed by atoms with Gasteiger partial charge in [-0.15, -0.1) is 0 Å². The summed E-state index contributed by atoms with van der Waals surface area (Å²) >= 11 is 2.11. The van der Waals surface area contributed by atoms with Gasteiger partial charge in [-0.3, -0.25) is 14.9 Å². The first-order chi connectivity index (χ1) is 15.8. The Kier molecular flexibility index (Phi) is 6.36. The van der Waals surface area contributed by atoms with Crippen LogP contribution in [0.5, 0.6) is 5.75 Å². The predicted molar refractivity (Wildman–Crippen MR) is 131 cm³/mol. The van der Waals surface area contributed by atoms with Crippen LogP contribution in [0, 0.1) is 10.5 Å². The van der Waals surface area contributed by atoms with Crippen molar-refractivity contribution in [1.82, 2.24) is 5.32 Å². The molecule has 4 amide bonds. The van der Waals surface area contributed by atoms with Crippen molar-refractivity contribution in [2.45, 2.75) is 6.92 Å². The Bertz CT molecular complexity index is 1310. The number of urea groups is 1. The van der Waals surface area contributed by atoms with Crippen LogP contribution in [0.4, 0.5) is 10.5 Å². The molecule has 1 aliphatic rings. The molecule has 1 saturated heterocycles. The summed E-state index contributed by atoms with van der Waals surface area (Å²) in [6, 6.07) is 19.4. The highest BCUT2D eigenvalue weighted by Crippen LogP contribution is 2.26. The minimum Gasteiger partial charge on any atom is -0.422 e. The lowest BCUT2D eigenvalue weighted by Crippen LogP contribution is -2.54. The molecule has 0 aromatic heterocycles. The fourth-order valence-corrected chi connectivity index (χ4v) is 3.62. The molecule has 0 spiro atoms. The Morgan fingerprint density at radius 1 is 0.970 bits per heavy atom. The Labute approximate surface area is 203 Å². The molecule has 1 N–H and O–H groups in total. The zero-order valence-electron chi connectivity index (χ0n) is 17.4. The van der Waals surface area contributed by atoms with Crippen LogP contribution >= 0.6 is 22.6 Å². The van der Waals surface area contributed by atoms with Crippen molar-refractivity contribution in [3.8, 4) is 5.75 Å². The average molecular weight is 552 g/mol. The van der Waals surface area contributed by atoms with Gasteiger partial charge in [-0.1, -0.05) is 35.9 Å². The molecule has 164 valence electrons. The Morgan fingerprint density at radius 3 is 2.42 bits per heavy atom. The van der Waals surface area contributed by atoms with Crippen LogP contribution in [-0.4, -0.2) is 23.8 Å². The topological polar surface area (TPSA) is 92.8 Å². The van der Waals surface area contributed by atoms with E-state index in [1.807, 2.05) is 13.0 Å². The van der Waals surface area contributed by atoms with Gasteiger partial charge in [0.15, 0.2) is 0 Å². The highest BCUT2D eigenvalue weighted by atomic mass is 127. The van der Waals surface area contributed by atoms with Gasteiger partial charge >= 0.3 is 12.0 Å². The second-order valence-electron chi connectivity index (χ2n) is 7.23. The van der Waals surface area contributed by atoms with Gasteiger partial charge in [0.25, 0.3) is 11.8 Å². The smallest absolute Gasteiger partial charge is 0.343 e. The number of carbonyl (C=O) groups excluding carboxylic acids is 4. The minimum absolute atomic E-state index is 0.176. The van der Waals surface area contributed by atoms with Gasteiger partial charge < -0.3 is 4.74 Å². The van der Waals surface area contributed by atoms with Crippen molar-refractivity contribution in [2.75, 3.05) is 4.90 Å². The molecule has 3 aromatic rings. The molecule has 1 heterocycles. The van der Waals surface area contributed by atoms with Gasteiger partial charge in [-0.2, -0.15) is 0 Å². The lowest BCUT2D eigenvalue weighted by molar-refractivity contribution is -0.122. The first-order valence-corrected chi connectivity index (χ1v) is 11.0.